The molecule has 1 aromatic heterocycles. The number of nitrogens with zero attached hydrogens (tertiary/aromatic N) is 1. The average molecular weight is 488 g/mol. The number of methoxy groups -OCH3 is 1. The van der Waals surface area contributed by atoms with Gasteiger partial charge in [-0.05, 0) is 60.0 Å². The van der Waals surface area contributed by atoms with Gasteiger partial charge in [0.2, 0.25) is 5.76 Å². The van der Waals surface area contributed by atoms with Gasteiger partial charge in [-0.15, -0.1) is 0 Å². The molecule has 0 fully saturated rings. The van der Waals surface area contributed by atoms with Crippen LogP contribution in [0.5, 0.6) is 11.5 Å². The summed E-state index contributed by atoms with van der Waals surface area (Å²) < 4.78 is 31.0. The Kier molecular flexibility index (Phi) is 6.46. The number of carbonyl (C=O) groups excluding carboxylic acids is 1. The van der Waals surface area contributed by atoms with E-state index in [1.807, 2.05) is 48.5 Å². The van der Waals surface area contributed by atoms with Crippen LogP contribution >= 0.6 is 0 Å². The molecule has 0 aliphatic carbocycles. The Morgan fingerprint density at radius 2 is 1.81 bits per heavy atom. The molecule has 0 saturated carbocycles. The molecule has 0 radical (unpaired) electrons. The molecule has 4 aromatic rings. The van der Waals surface area contributed by atoms with Gasteiger partial charge < -0.3 is 18.8 Å². The minimum Gasteiger partial charge on any atom is -0.497 e. The highest BCUT2D eigenvalue weighted by atomic mass is 19.1. The minimum atomic E-state index is -0.715. The smallest absolute Gasteiger partial charge is 0.291 e. The van der Waals surface area contributed by atoms with Crippen LogP contribution in [-0.2, 0) is 6.54 Å². The lowest BCUT2D eigenvalue weighted by molar-refractivity contribution is 0.0714. The molecular weight excluding hydrogens is 461 g/mol. The Balaban J connectivity index is 1.63. The Morgan fingerprint density at radius 1 is 1.00 bits per heavy atom. The number of hydrogen-bond donors (Lipinski definition) is 0. The molecule has 5 rings (SSSR count). The van der Waals surface area contributed by atoms with Crippen molar-refractivity contribution in [3.63, 3.8) is 0 Å². The standard InChI is InChI=1S/C29H26FNO5/c1-3-4-14-35-22-7-5-6-19(15-22)26-25-27(32)23-16-20(30)10-13-24(23)36-28(25)29(33)31(26)17-18-8-11-21(34-2)12-9-18/h5-13,15-16,26H,3-4,14,17H2,1-2H3. The predicted octanol–water partition coefficient (Wildman–Crippen LogP) is 5.87. The molecule has 0 N–H and O–H groups in total. The Bertz CT molecular complexity index is 1480. The second-order valence-electron chi connectivity index (χ2n) is 8.77. The van der Waals surface area contributed by atoms with Gasteiger partial charge in [-0.1, -0.05) is 37.6 Å². The third kappa shape index (κ3) is 4.33. The Morgan fingerprint density at radius 3 is 2.56 bits per heavy atom. The lowest BCUT2D eigenvalue weighted by atomic mass is 9.98. The highest BCUT2D eigenvalue weighted by molar-refractivity contribution is 5.99. The number of rotatable bonds is 8. The van der Waals surface area contributed by atoms with E-state index >= 15 is 0 Å². The third-order valence-electron chi connectivity index (χ3n) is 6.38. The van der Waals surface area contributed by atoms with Gasteiger partial charge in [0, 0.05) is 6.54 Å². The van der Waals surface area contributed by atoms with Gasteiger partial charge in [-0.3, -0.25) is 9.59 Å². The zero-order valence-electron chi connectivity index (χ0n) is 20.1. The molecule has 1 amide bonds. The first-order chi connectivity index (χ1) is 17.5. The summed E-state index contributed by atoms with van der Waals surface area (Å²) in [6.45, 7) is 2.90. The first-order valence-electron chi connectivity index (χ1n) is 11.9. The first-order valence-corrected chi connectivity index (χ1v) is 11.9. The van der Waals surface area contributed by atoms with Gasteiger partial charge in [-0.25, -0.2) is 4.39 Å². The number of ether oxygens (including phenoxy) is 2. The van der Waals surface area contributed by atoms with Gasteiger partial charge in [0.1, 0.15) is 22.9 Å². The van der Waals surface area contributed by atoms with Gasteiger partial charge in [0.05, 0.1) is 30.7 Å². The van der Waals surface area contributed by atoms with E-state index in [1.54, 1.807) is 12.0 Å². The van der Waals surface area contributed by atoms with E-state index in [4.69, 9.17) is 13.9 Å². The molecule has 7 heteroatoms. The van der Waals surface area contributed by atoms with Crippen LogP contribution in [0, 0.1) is 5.82 Å². The monoisotopic (exact) mass is 487 g/mol. The molecule has 36 heavy (non-hydrogen) atoms. The van der Waals surface area contributed by atoms with Crippen molar-refractivity contribution >= 4 is 16.9 Å². The summed E-state index contributed by atoms with van der Waals surface area (Å²) in [4.78, 5) is 28.9. The van der Waals surface area contributed by atoms with Gasteiger partial charge >= 0.3 is 0 Å². The van der Waals surface area contributed by atoms with Gasteiger partial charge in [0.15, 0.2) is 5.43 Å². The molecule has 1 unspecified atom stereocenters. The fraction of sp³-hybridized carbons (Fsp3) is 0.241. The van der Waals surface area contributed by atoms with Crippen LogP contribution < -0.4 is 14.9 Å². The van der Waals surface area contributed by atoms with E-state index in [0.717, 1.165) is 24.5 Å². The first kappa shape index (κ1) is 23.6. The van der Waals surface area contributed by atoms with Crippen molar-refractivity contribution in [1.82, 2.24) is 4.90 Å². The fourth-order valence-corrected chi connectivity index (χ4v) is 4.54. The molecule has 1 atom stereocenters. The number of amides is 1. The summed E-state index contributed by atoms with van der Waals surface area (Å²) in [6.07, 6.45) is 1.92. The summed E-state index contributed by atoms with van der Waals surface area (Å²) in [7, 11) is 1.59. The van der Waals surface area contributed by atoms with E-state index < -0.39 is 23.2 Å². The number of fused-ring (bicyclic) bond motifs is 2. The van der Waals surface area contributed by atoms with E-state index in [2.05, 4.69) is 6.92 Å². The Labute approximate surface area is 207 Å². The summed E-state index contributed by atoms with van der Waals surface area (Å²) in [5, 5.41) is 0.105. The fourth-order valence-electron chi connectivity index (χ4n) is 4.54. The van der Waals surface area contributed by atoms with Crippen molar-refractivity contribution in [3.05, 3.63) is 105 Å². The molecule has 1 aliphatic heterocycles. The normalized spacial score (nSPS) is 14.8. The molecule has 184 valence electrons. The number of benzene rings is 3. The van der Waals surface area contributed by atoms with Crippen molar-refractivity contribution in [2.75, 3.05) is 13.7 Å². The molecule has 1 aliphatic rings. The maximum absolute atomic E-state index is 14.0. The summed E-state index contributed by atoms with van der Waals surface area (Å²) in [5.74, 6) is 0.397. The lowest BCUT2D eigenvalue weighted by Crippen LogP contribution is -2.29. The van der Waals surface area contributed by atoms with E-state index in [0.29, 0.717) is 23.7 Å². The van der Waals surface area contributed by atoms with Crippen LogP contribution in [0.15, 0.2) is 75.9 Å². The SMILES string of the molecule is CCCCOc1cccc(C2c3c(oc4ccc(F)cc4c3=O)C(=O)N2Cc2ccc(OC)cc2)c1. The van der Waals surface area contributed by atoms with Crippen LogP contribution in [0.4, 0.5) is 4.39 Å². The second-order valence-corrected chi connectivity index (χ2v) is 8.77. The molecule has 0 spiro atoms. The van der Waals surface area contributed by atoms with Crippen molar-refractivity contribution < 1.29 is 23.1 Å². The highest BCUT2D eigenvalue weighted by Crippen LogP contribution is 2.40. The zero-order valence-corrected chi connectivity index (χ0v) is 20.1. The van der Waals surface area contributed by atoms with Crippen LogP contribution in [0.3, 0.4) is 0 Å². The number of halogens is 1. The number of unbranched alkanes of at least 4 members (excludes halogenated alkanes) is 1. The summed E-state index contributed by atoms with van der Waals surface area (Å²) in [5.41, 5.74) is 1.54. The molecule has 3 aromatic carbocycles. The van der Waals surface area contributed by atoms with Gasteiger partial charge in [0.25, 0.3) is 5.91 Å². The lowest BCUT2D eigenvalue weighted by Gasteiger charge is -2.25. The van der Waals surface area contributed by atoms with Crippen molar-refractivity contribution in [1.29, 1.82) is 0 Å². The van der Waals surface area contributed by atoms with Crippen molar-refractivity contribution in [2.45, 2.75) is 32.4 Å². The molecule has 0 bridgehead atoms. The van der Waals surface area contributed by atoms with Crippen LogP contribution in [0.25, 0.3) is 11.0 Å². The van der Waals surface area contributed by atoms with E-state index in [-0.39, 0.29) is 28.8 Å². The quantitative estimate of drug-likeness (QED) is 0.291. The number of carbonyl (C=O) groups is 1. The Hall–Kier alpha value is -4.13. The maximum atomic E-state index is 14.0. The van der Waals surface area contributed by atoms with Crippen LogP contribution in [0.2, 0.25) is 0 Å². The molecule has 0 saturated heterocycles. The predicted molar refractivity (Wildman–Crippen MR) is 134 cm³/mol. The maximum Gasteiger partial charge on any atom is 0.291 e. The number of hydrogen-bond acceptors (Lipinski definition) is 5. The molecule has 2 heterocycles. The largest absolute Gasteiger partial charge is 0.497 e. The van der Waals surface area contributed by atoms with Crippen molar-refractivity contribution in [3.8, 4) is 11.5 Å². The average Bonchev–Trinajstić information content (AvgIpc) is 3.17. The molecule has 6 nitrogen and oxygen atoms in total. The van der Waals surface area contributed by atoms with Crippen molar-refractivity contribution in [2.24, 2.45) is 0 Å². The third-order valence-corrected chi connectivity index (χ3v) is 6.38. The van der Waals surface area contributed by atoms with E-state index in [1.165, 1.54) is 12.1 Å². The van der Waals surface area contributed by atoms with Gasteiger partial charge in [-0.2, -0.15) is 0 Å². The summed E-state index contributed by atoms with van der Waals surface area (Å²) >= 11 is 0. The van der Waals surface area contributed by atoms with E-state index in [9.17, 15) is 14.0 Å². The zero-order chi connectivity index (χ0) is 25.2. The van der Waals surface area contributed by atoms with Crippen LogP contribution in [0.1, 0.15) is 53.1 Å². The molecular formula is C29H26FNO5. The van der Waals surface area contributed by atoms with Crippen LogP contribution in [-0.4, -0.2) is 24.5 Å². The summed E-state index contributed by atoms with van der Waals surface area (Å²) in [6, 6.07) is 17.8. The minimum absolute atomic E-state index is 0.0186. The highest BCUT2D eigenvalue weighted by Gasteiger charge is 2.42. The topological polar surface area (TPSA) is 69.0 Å². The second kappa shape index (κ2) is 9.85.